The number of rotatable bonds is 3. The number of esters is 1. The molecule has 4 rings (SSSR count). The summed E-state index contributed by atoms with van der Waals surface area (Å²) in [6, 6.07) is 9.79. The SMILES string of the molecule is O=C(OCc1ccccc1)[C@]12CCCN1OC1OCCCC12. The van der Waals surface area contributed by atoms with Crippen molar-refractivity contribution in [3.8, 4) is 0 Å². The van der Waals surface area contributed by atoms with E-state index in [1.54, 1.807) is 0 Å². The minimum Gasteiger partial charge on any atom is -0.459 e. The van der Waals surface area contributed by atoms with Crippen LogP contribution >= 0.6 is 0 Å². The maximum absolute atomic E-state index is 12.9. The van der Waals surface area contributed by atoms with Crippen molar-refractivity contribution in [2.24, 2.45) is 5.92 Å². The smallest absolute Gasteiger partial charge is 0.329 e. The summed E-state index contributed by atoms with van der Waals surface area (Å²) in [5.41, 5.74) is 0.368. The second-order valence-electron chi connectivity index (χ2n) is 6.28. The highest BCUT2D eigenvalue weighted by atomic mass is 16.8. The Labute approximate surface area is 130 Å². The van der Waals surface area contributed by atoms with E-state index < -0.39 is 5.54 Å². The normalized spacial score (nSPS) is 34.2. The van der Waals surface area contributed by atoms with E-state index in [-0.39, 0.29) is 18.2 Å². The first-order valence-corrected chi connectivity index (χ1v) is 8.08. The zero-order chi connectivity index (χ0) is 15.0. The van der Waals surface area contributed by atoms with Crippen molar-refractivity contribution in [3.05, 3.63) is 35.9 Å². The molecule has 0 aliphatic carbocycles. The monoisotopic (exact) mass is 303 g/mol. The molecule has 0 amide bonds. The number of hydroxylamine groups is 2. The lowest BCUT2D eigenvalue weighted by atomic mass is 9.79. The van der Waals surface area contributed by atoms with Gasteiger partial charge in [-0.05, 0) is 31.2 Å². The summed E-state index contributed by atoms with van der Waals surface area (Å²) in [6.07, 6.45) is 3.42. The number of nitrogens with zero attached hydrogens (tertiary/aromatic N) is 1. The molecule has 5 heteroatoms. The van der Waals surface area contributed by atoms with E-state index in [0.717, 1.165) is 37.8 Å². The highest BCUT2D eigenvalue weighted by Crippen LogP contribution is 2.49. The first-order valence-electron chi connectivity index (χ1n) is 8.08. The van der Waals surface area contributed by atoms with E-state index in [4.69, 9.17) is 14.3 Å². The van der Waals surface area contributed by atoms with E-state index in [2.05, 4.69) is 0 Å². The van der Waals surface area contributed by atoms with Crippen LogP contribution in [-0.4, -0.2) is 36.0 Å². The molecular formula is C17H21NO4. The largest absolute Gasteiger partial charge is 0.459 e. The first kappa shape index (κ1) is 14.2. The zero-order valence-electron chi connectivity index (χ0n) is 12.6. The van der Waals surface area contributed by atoms with E-state index in [1.807, 2.05) is 35.4 Å². The topological polar surface area (TPSA) is 48.0 Å². The Hall–Kier alpha value is -1.43. The van der Waals surface area contributed by atoms with Gasteiger partial charge in [-0.1, -0.05) is 30.3 Å². The van der Waals surface area contributed by atoms with Crippen molar-refractivity contribution >= 4 is 5.97 Å². The van der Waals surface area contributed by atoms with Crippen LogP contribution in [0.2, 0.25) is 0 Å². The molecule has 0 aromatic heterocycles. The number of hydrogen-bond donors (Lipinski definition) is 0. The van der Waals surface area contributed by atoms with Gasteiger partial charge in [-0.3, -0.25) is 4.84 Å². The summed E-state index contributed by atoms with van der Waals surface area (Å²) < 4.78 is 11.4. The van der Waals surface area contributed by atoms with Gasteiger partial charge in [0, 0.05) is 19.1 Å². The van der Waals surface area contributed by atoms with Crippen LogP contribution in [0.25, 0.3) is 0 Å². The number of fused-ring (bicyclic) bond motifs is 3. The van der Waals surface area contributed by atoms with Crippen molar-refractivity contribution in [3.63, 3.8) is 0 Å². The first-order chi connectivity index (χ1) is 10.8. The van der Waals surface area contributed by atoms with Gasteiger partial charge in [0.25, 0.3) is 0 Å². The minimum absolute atomic E-state index is 0.0898. The van der Waals surface area contributed by atoms with Crippen molar-refractivity contribution in [1.82, 2.24) is 5.06 Å². The van der Waals surface area contributed by atoms with Gasteiger partial charge >= 0.3 is 5.97 Å². The molecule has 22 heavy (non-hydrogen) atoms. The van der Waals surface area contributed by atoms with Crippen LogP contribution in [0.15, 0.2) is 30.3 Å². The molecular weight excluding hydrogens is 282 g/mol. The fourth-order valence-electron chi connectivity index (χ4n) is 3.98. The molecule has 0 bridgehead atoms. The standard InChI is InChI=1S/C17H21NO4/c19-16(21-12-13-6-2-1-3-7-13)17-9-5-10-18(17)22-15-14(17)8-4-11-20-15/h1-3,6-7,14-15H,4-5,8-12H2/t14?,15?,17-/m1/s1. The van der Waals surface area contributed by atoms with E-state index in [0.29, 0.717) is 13.2 Å². The molecule has 0 radical (unpaired) electrons. The van der Waals surface area contributed by atoms with Crippen molar-refractivity contribution in [2.45, 2.75) is 44.1 Å². The van der Waals surface area contributed by atoms with Crippen LogP contribution in [0.1, 0.15) is 31.2 Å². The Balaban J connectivity index is 1.52. The average molecular weight is 303 g/mol. The molecule has 3 aliphatic heterocycles. The Kier molecular flexibility index (Phi) is 3.64. The fraction of sp³-hybridized carbons (Fsp3) is 0.588. The van der Waals surface area contributed by atoms with Gasteiger partial charge in [-0.15, -0.1) is 0 Å². The lowest BCUT2D eigenvalue weighted by Gasteiger charge is -2.34. The highest BCUT2D eigenvalue weighted by molar-refractivity contribution is 5.82. The molecule has 118 valence electrons. The fourth-order valence-corrected chi connectivity index (χ4v) is 3.98. The van der Waals surface area contributed by atoms with Crippen LogP contribution in [0.5, 0.6) is 0 Å². The molecule has 0 saturated carbocycles. The average Bonchev–Trinajstić information content (AvgIpc) is 3.10. The molecule has 5 nitrogen and oxygen atoms in total. The third kappa shape index (κ3) is 2.16. The molecule has 3 saturated heterocycles. The van der Waals surface area contributed by atoms with Crippen LogP contribution in [0.3, 0.4) is 0 Å². The van der Waals surface area contributed by atoms with Crippen LogP contribution in [0.4, 0.5) is 0 Å². The molecule has 0 spiro atoms. The van der Waals surface area contributed by atoms with Gasteiger partial charge < -0.3 is 9.47 Å². The number of carbonyl (C=O) groups excluding carboxylic acids is 1. The number of hydrogen-bond acceptors (Lipinski definition) is 5. The molecule has 0 N–H and O–H groups in total. The summed E-state index contributed by atoms with van der Waals surface area (Å²) in [7, 11) is 0. The lowest BCUT2D eigenvalue weighted by molar-refractivity contribution is -0.251. The van der Waals surface area contributed by atoms with Gasteiger partial charge in [0.15, 0.2) is 11.8 Å². The van der Waals surface area contributed by atoms with Crippen LogP contribution < -0.4 is 0 Å². The van der Waals surface area contributed by atoms with Gasteiger partial charge in [0.2, 0.25) is 0 Å². The lowest BCUT2D eigenvalue weighted by Crippen LogP contribution is -2.52. The maximum Gasteiger partial charge on any atom is 0.329 e. The molecule has 3 fully saturated rings. The molecule has 1 aromatic rings. The number of carbonyl (C=O) groups is 1. The van der Waals surface area contributed by atoms with E-state index in [9.17, 15) is 4.79 Å². The summed E-state index contributed by atoms with van der Waals surface area (Å²) in [5, 5.41) is 1.83. The third-order valence-electron chi connectivity index (χ3n) is 5.05. The van der Waals surface area contributed by atoms with Gasteiger partial charge in [-0.25, -0.2) is 4.79 Å². The predicted octanol–water partition coefficient (Wildman–Crippen LogP) is 2.26. The van der Waals surface area contributed by atoms with E-state index in [1.165, 1.54) is 0 Å². The summed E-state index contributed by atoms with van der Waals surface area (Å²) in [4.78, 5) is 18.8. The van der Waals surface area contributed by atoms with Gasteiger partial charge in [0.05, 0.1) is 0 Å². The van der Waals surface area contributed by atoms with Crippen molar-refractivity contribution < 1.29 is 19.1 Å². The summed E-state index contributed by atoms with van der Waals surface area (Å²) in [5.74, 6) is -0.0705. The van der Waals surface area contributed by atoms with Gasteiger partial charge in [0.1, 0.15) is 6.61 Å². The predicted molar refractivity (Wildman–Crippen MR) is 78.5 cm³/mol. The second-order valence-corrected chi connectivity index (χ2v) is 6.28. The molecule has 3 heterocycles. The molecule has 1 aromatic carbocycles. The second kappa shape index (κ2) is 5.65. The molecule has 3 aliphatic rings. The Bertz CT molecular complexity index is 549. The Morgan fingerprint density at radius 3 is 3.05 bits per heavy atom. The Morgan fingerprint density at radius 2 is 2.18 bits per heavy atom. The number of ether oxygens (including phenoxy) is 2. The molecule has 2 unspecified atom stereocenters. The quantitative estimate of drug-likeness (QED) is 0.802. The maximum atomic E-state index is 12.9. The summed E-state index contributed by atoms with van der Waals surface area (Å²) in [6.45, 7) is 1.80. The zero-order valence-corrected chi connectivity index (χ0v) is 12.6. The van der Waals surface area contributed by atoms with Crippen molar-refractivity contribution in [2.75, 3.05) is 13.2 Å². The van der Waals surface area contributed by atoms with Crippen molar-refractivity contribution in [1.29, 1.82) is 0 Å². The Morgan fingerprint density at radius 1 is 1.32 bits per heavy atom. The summed E-state index contributed by atoms with van der Waals surface area (Å²) >= 11 is 0. The van der Waals surface area contributed by atoms with Crippen LogP contribution in [-0.2, 0) is 25.7 Å². The van der Waals surface area contributed by atoms with E-state index >= 15 is 0 Å². The van der Waals surface area contributed by atoms with Gasteiger partial charge in [-0.2, -0.15) is 5.06 Å². The minimum atomic E-state index is -0.639. The third-order valence-corrected chi connectivity index (χ3v) is 5.05. The highest BCUT2D eigenvalue weighted by Gasteiger charge is 2.64. The molecule has 3 atom stereocenters. The van der Waals surface area contributed by atoms with Crippen LogP contribution in [0, 0.1) is 5.92 Å². The number of benzene rings is 1.